The maximum Gasteiger partial charge on any atom is 0.303 e. The van der Waals surface area contributed by atoms with E-state index in [0.29, 0.717) is 6.42 Å². The molecule has 5 nitrogen and oxygen atoms in total. The highest BCUT2D eigenvalue weighted by molar-refractivity contribution is 7.89. The van der Waals surface area contributed by atoms with Crippen LogP contribution < -0.4 is 0 Å². The highest BCUT2D eigenvalue weighted by Gasteiger charge is 2.46. The summed E-state index contributed by atoms with van der Waals surface area (Å²) < 4.78 is 50.9. The topological polar surface area (TPSA) is 74.7 Å². The van der Waals surface area contributed by atoms with Gasteiger partial charge in [-0.05, 0) is 24.1 Å². The Kier molecular flexibility index (Phi) is 5.05. The Morgan fingerprint density at radius 3 is 2.35 bits per heavy atom. The normalized spacial score (nSPS) is 17.9. The smallest absolute Gasteiger partial charge is 0.303 e. The SMILES string of the molecule is CC1(CC(F)F)CN(S(=O)(=O)c2ccc(CCC(=O)O)cc2)C1. The Bertz CT molecular complexity index is 667. The van der Waals surface area contributed by atoms with Crippen molar-refractivity contribution >= 4 is 16.0 Å². The van der Waals surface area contributed by atoms with Gasteiger partial charge < -0.3 is 5.11 Å². The zero-order chi connectivity index (χ0) is 17.3. The quantitative estimate of drug-likeness (QED) is 0.822. The molecule has 1 N–H and O–H groups in total. The van der Waals surface area contributed by atoms with Crippen LogP contribution in [-0.2, 0) is 21.2 Å². The van der Waals surface area contributed by atoms with Gasteiger partial charge in [0.1, 0.15) is 0 Å². The number of carboxylic acid groups (broad SMARTS) is 1. The lowest BCUT2D eigenvalue weighted by atomic mass is 9.81. The number of sulfonamides is 1. The van der Waals surface area contributed by atoms with Crippen LogP contribution in [0.15, 0.2) is 29.2 Å². The summed E-state index contributed by atoms with van der Waals surface area (Å²) in [4.78, 5) is 10.6. The van der Waals surface area contributed by atoms with E-state index >= 15 is 0 Å². The van der Waals surface area contributed by atoms with Crippen LogP contribution in [0.25, 0.3) is 0 Å². The Morgan fingerprint density at radius 1 is 1.30 bits per heavy atom. The molecule has 23 heavy (non-hydrogen) atoms. The Labute approximate surface area is 134 Å². The van der Waals surface area contributed by atoms with Crippen molar-refractivity contribution in [2.45, 2.75) is 37.5 Å². The fourth-order valence-corrected chi connectivity index (χ4v) is 4.45. The molecule has 0 aromatic heterocycles. The van der Waals surface area contributed by atoms with Crippen LogP contribution in [0.4, 0.5) is 8.78 Å². The molecule has 1 aliphatic rings. The second-order valence-electron chi connectivity index (χ2n) is 6.22. The number of carboxylic acids is 1. The molecule has 0 aliphatic carbocycles. The van der Waals surface area contributed by atoms with Crippen LogP contribution >= 0.6 is 0 Å². The van der Waals surface area contributed by atoms with Crippen LogP contribution in [0.1, 0.15) is 25.3 Å². The van der Waals surface area contributed by atoms with E-state index in [-0.39, 0.29) is 30.8 Å². The van der Waals surface area contributed by atoms with Gasteiger partial charge in [0, 0.05) is 31.3 Å². The average Bonchev–Trinajstić information content (AvgIpc) is 2.42. The number of aliphatic carboxylic acids is 1. The van der Waals surface area contributed by atoms with Gasteiger partial charge >= 0.3 is 5.97 Å². The zero-order valence-corrected chi connectivity index (χ0v) is 13.5. The van der Waals surface area contributed by atoms with E-state index in [1.165, 1.54) is 16.4 Å². The first-order valence-electron chi connectivity index (χ1n) is 7.21. The maximum atomic E-state index is 12.5. The molecule has 0 saturated carbocycles. The highest BCUT2D eigenvalue weighted by atomic mass is 32.2. The fraction of sp³-hybridized carbons (Fsp3) is 0.533. The van der Waals surface area contributed by atoms with Gasteiger partial charge in [0.05, 0.1) is 4.90 Å². The number of alkyl halides is 2. The average molecular weight is 347 g/mol. The van der Waals surface area contributed by atoms with E-state index in [1.54, 1.807) is 19.1 Å². The molecule has 1 saturated heterocycles. The molecular weight excluding hydrogens is 328 g/mol. The van der Waals surface area contributed by atoms with E-state index in [1.807, 2.05) is 0 Å². The minimum atomic E-state index is -3.68. The number of benzene rings is 1. The lowest BCUT2D eigenvalue weighted by Crippen LogP contribution is -2.57. The molecule has 8 heteroatoms. The van der Waals surface area contributed by atoms with Gasteiger partial charge in [-0.1, -0.05) is 19.1 Å². The monoisotopic (exact) mass is 347 g/mol. The largest absolute Gasteiger partial charge is 0.481 e. The van der Waals surface area contributed by atoms with Crippen LogP contribution in [0.3, 0.4) is 0 Å². The molecule has 0 amide bonds. The second-order valence-corrected chi connectivity index (χ2v) is 8.15. The number of aryl methyl sites for hydroxylation is 1. The third-order valence-corrected chi connectivity index (χ3v) is 5.76. The third kappa shape index (κ3) is 4.26. The van der Waals surface area contributed by atoms with Crippen LogP contribution in [-0.4, -0.2) is 43.3 Å². The van der Waals surface area contributed by atoms with E-state index in [9.17, 15) is 22.0 Å². The van der Waals surface area contributed by atoms with Crippen molar-refractivity contribution in [3.8, 4) is 0 Å². The molecule has 0 bridgehead atoms. The summed E-state index contributed by atoms with van der Waals surface area (Å²) >= 11 is 0. The molecular formula is C15H19F2NO4S. The van der Waals surface area contributed by atoms with Crippen molar-refractivity contribution in [2.24, 2.45) is 5.41 Å². The van der Waals surface area contributed by atoms with Gasteiger partial charge in [-0.15, -0.1) is 0 Å². The second kappa shape index (κ2) is 6.52. The summed E-state index contributed by atoms with van der Waals surface area (Å²) in [5.41, 5.74) is 0.0559. The standard InChI is InChI=1S/C15H19F2NO4S/c1-15(8-13(16)17)9-18(10-15)23(21,22)12-5-2-11(3-6-12)4-7-14(19)20/h2-3,5-6,13H,4,7-10H2,1H3,(H,19,20). The number of hydrogen-bond acceptors (Lipinski definition) is 3. The minimum Gasteiger partial charge on any atom is -0.481 e. The summed E-state index contributed by atoms with van der Waals surface area (Å²) in [6.45, 7) is 1.82. The van der Waals surface area contributed by atoms with E-state index < -0.39 is 27.8 Å². The number of hydrogen-bond donors (Lipinski definition) is 1. The van der Waals surface area contributed by atoms with Crippen molar-refractivity contribution in [2.75, 3.05) is 13.1 Å². The predicted octanol–water partition coefficient (Wildman–Crippen LogP) is 2.37. The Hall–Kier alpha value is -1.54. The number of nitrogens with zero attached hydrogens (tertiary/aromatic N) is 1. The lowest BCUT2D eigenvalue weighted by Gasteiger charge is -2.46. The highest BCUT2D eigenvalue weighted by Crippen LogP contribution is 2.38. The zero-order valence-electron chi connectivity index (χ0n) is 12.7. The van der Waals surface area contributed by atoms with E-state index in [4.69, 9.17) is 5.11 Å². The molecule has 1 aliphatic heterocycles. The first-order valence-corrected chi connectivity index (χ1v) is 8.65. The van der Waals surface area contributed by atoms with Gasteiger partial charge in [-0.3, -0.25) is 4.79 Å². The molecule has 1 fully saturated rings. The summed E-state index contributed by atoms with van der Waals surface area (Å²) in [5.74, 6) is -0.916. The minimum absolute atomic E-state index is 0.0236. The number of rotatable bonds is 7. The molecule has 1 aromatic carbocycles. The Balaban J connectivity index is 2.02. The van der Waals surface area contributed by atoms with Gasteiger partial charge in [-0.25, -0.2) is 17.2 Å². The molecule has 0 unspecified atom stereocenters. The van der Waals surface area contributed by atoms with Crippen LogP contribution in [0.5, 0.6) is 0 Å². The van der Waals surface area contributed by atoms with Gasteiger partial charge in [0.25, 0.3) is 0 Å². The Morgan fingerprint density at radius 2 is 1.87 bits per heavy atom. The van der Waals surface area contributed by atoms with Crippen molar-refractivity contribution in [1.82, 2.24) is 4.31 Å². The van der Waals surface area contributed by atoms with Crippen LogP contribution in [0.2, 0.25) is 0 Å². The van der Waals surface area contributed by atoms with Crippen molar-refractivity contribution < 1.29 is 27.1 Å². The molecule has 128 valence electrons. The summed E-state index contributed by atoms with van der Waals surface area (Å²) in [5, 5.41) is 8.63. The van der Waals surface area contributed by atoms with E-state index in [0.717, 1.165) is 5.56 Å². The number of halogens is 2. The van der Waals surface area contributed by atoms with Crippen molar-refractivity contribution in [3.05, 3.63) is 29.8 Å². The first kappa shape index (κ1) is 17.8. The van der Waals surface area contributed by atoms with Gasteiger partial charge in [-0.2, -0.15) is 4.31 Å². The summed E-state index contributed by atoms with van der Waals surface area (Å²) in [6.07, 6.45) is -2.46. The molecule has 0 atom stereocenters. The molecule has 0 radical (unpaired) electrons. The van der Waals surface area contributed by atoms with Gasteiger partial charge in [0.15, 0.2) is 0 Å². The van der Waals surface area contributed by atoms with Gasteiger partial charge in [0.2, 0.25) is 16.4 Å². The van der Waals surface area contributed by atoms with Crippen LogP contribution in [0, 0.1) is 5.41 Å². The number of carbonyl (C=O) groups is 1. The third-order valence-electron chi connectivity index (χ3n) is 3.95. The lowest BCUT2D eigenvalue weighted by molar-refractivity contribution is -0.136. The predicted molar refractivity (Wildman–Crippen MR) is 79.9 cm³/mol. The van der Waals surface area contributed by atoms with Crippen molar-refractivity contribution in [3.63, 3.8) is 0 Å². The fourth-order valence-electron chi connectivity index (χ4n) is 2.71. The van der Waals surface area contributed by atoms with E-state index in [2.05, 4.69) is 0 Å². The molecule has 1 heterocycles. The summed E-state index contributed by atoms with van der Waals surface area (Å²) in [7, 11) is -3.68. The molecule has 0 spiro atoms. The summed E-state index contributed by atoms with van der Waals surface area (Å²) in [6, 6.07) is 6.01. The maximum absolute atomic E-state index is 12.5. The first-order chi connectivity index (χ1) is 10.6. The molecule has 2 rings (SSSR count). The van der Waals surface area contributed by atoms with Crippen molar-refractivity contribution in [1.29, 1.82) is 0 Å². The molecule has 1 aromatic rings.